The molecule has 0 saturated heterocycles. The van der Waals surface area contributed by atoms with Crippen LogP contribution in [-0.2, 0) is 16.7 Å². The van der Waals surface area contributed by atoms with Crippen molar-refractivity contribution in [3.8, 4) is 0 Å². The second-order valence-corrected chi connectivity index (χ2v) is 5.18. The van der Waals surface area contributed by atoms with E-state index in [0.717, 1.165) is 5.37 Å². The van der Waals surface area contributed by atoms with Crippen LogP contribution in [-0.4, -0.2) is 24.9 Å². The summed E-state index contributed by atoms with van der Waals surface area (Å²) in [5, 5.41) is 13.8. The monoisotopic (exact) mass is 310 g/mol. The summed E-state index contributed by atoms with van der Waals surface area (Å²) < 4.78 is 21.0. The molecule has 0 aliphatic carbocycles. The third-order valence-corrected chi connectivity index (χ3v) is 3.70. The largest absolute Gasteiger partial charge is 0.478 e. The van der Waals surface area contributed by atoms with Crippen LogP contribution in [0, 0.1) is 13.8 Å². The lowest BCUT2D eigenvalue weighted by atomic mass is 9.92. The molecule has 21 heavy (non-hydrogen) atoms. The minimum Gasteiger partial charge on any atom is -0.478 e. The molecule has 112 valence electrons. The molecule has 0 radical (unpaired) electrons. The Balaban J connectivity index is 3.63. The lowest BCUT2D eigenvalue weighted by Gasteiger charge is -2.17. The molecule has 0 heterocycles. The molecule has 0 aliphatic rings. The van der Waals surface area contributed by atoms with Crippen molar-refractivity contribution in [1.82, 2.24) is 0 Å². The molecule has 0 aromatic heterocycles. The molecule has 0 unspecified atom stereocenters. The molecule has 0 atom stereocenters. The lowest BCUT2D eigenvalue weighted by molar-refractivity contribution is 0.0696. The van der Waals surface area contributed by atoms with Gasteiger partial charge in [0.2, 0.25) is 10.3 Å². The van der Waals surface area contributed by atoms with Crippen LogP contribution >= 0.6 is 0 Å². The van der Waals surface area contributed by atoms with Crippen molar-refractivity contribution in [3.05, 3.63) is 32.7 Å². The highest BCUT2D eigenvalue weighted by Gasteiger charge is 2.21. The van der Waals surface area contributed by atoms with E-state index in [4.69, 9.17) is 11.3 Å². The van der Waals surface area contributed by atoms with E-state index in [-0.39, 0.29) is 35.3 Å². The summed E-state index contributed by atoms with van der Waals surface area (Å²) in [5.74, 6) is -1.27. The molecule has 0 amide bonds. The SMILES string of the molecule is Cc1c(C)c(N=[N+]=[N-])c(C(=O)O)c(CCC=S(=O)=O)c1N. The van der Waals surface area contributed by atoms with E-state index in [0.29, 0.717) is 11.1 Å². The number of benzene rings is 1. The summed E-state index contributed by atoms with van der Waals surface area (Å²) >= 11 is 0. The summed E-state index contributed by atoms with van der Waals surface area (Å²) in [6.07, 6.45) is 0.231. The number of nitrogens with two attached hydrogens (primary N) is 1. The van der Waals surface area contributed by atoms with Crippen molar-refractivity contribution in [2.75, 3.05) is 5.73 Å². The number of anilines is 1. The quantitative estimate of drug-likeness (QED) is 0.281. The minimum absolute atomic E-state index is 0.00921. The predicted octanol–water partition coefficient (Wildman–Crippen LogP) is 2.14. The molecule has 1 aromatic carbocycles. The fourth-order valence-corrected chi connectivity index (χ4v) is 2.34. The van der Waals surface area contributed by atoms with Crippen LogP contribution in [0.5, 0.6) is 0 Å². The number of hydrogen-bond donors (Lipinski definition) is 2. The van der Waals surface area contributed by atoms with Crippen LogP contribution in [0.1, 0.15) is 33.5 Å². The summed E-state index contributed by atoms with van der Waals surface area (Å²) in [4.78, 5) is 14.1. The Morgan fingerprint density at radius 2 is 2.05 bits per heavy atom. The van der Waals surface area contributed by atoms with Crippen molar-refractivity contribution >= 4 is 33.0 Å². The first kappa shape index (κ1) is 16.5. The van der Waals surface area contributed by atoms with E-state index in [1.54, 1.807) is 13.8 Å². The van der Waals surface area contributed by atoms with E-state index >= 15 is 0 Å². The maximum atomic E-state index is 11.5. The number of hydrogen-bond acceptors (Lipinski definition) is 5. The van der Waals surface area contributed by atoms with Gasteiger partial charge in [-0.3, -0.25) is 0 Å². The summed E-state index contributed by atoms with van der Waals surface area (Å²) in [6, 6.07) is 0. The Morgan fingerprint density at radius 1 is 1.43 bits per heavy atom. The third kappa shape index (κ3) is 3.53. The number of azide groups is 1. The van der Waals surface area contributed by atoms with Crippen LogP contribution in [0.15, 0.2) is 5.11 Å². The molecule has 0 spiro atoms. The van der Waals surface area contributed by atoms with Crippen molar-refractivity contribution in [1.29, 1.82) is 0 Å². The van der Waals surface area contributed by atoms with Gasteiger partial charge in [0.15, 0.2) is 0 Å². The topological polar surface area (TPSA) is 146 Å². The van der Waals surface area contributed by atoms with Crippen LogP contribution in [0.3, 0.4) is 0 Å². The first-order chi connectivity index (χ1) is 9.81. The fraction of sp³-hybridized carbons (Fsp3) is 0.333. The molecule has 0 saturated carbocycles. The predicted molar refractivity (Wildman–Crippen MR) is 79.4 cm³/mol. The van der Waals surface area contributed by atoms with Gasteiger partial charge in [-0.05, 0) is 48.9 Å². The van der Waals surface area contributed by atoms with Crippen molar-refractivity contribution < 1.29 is 18.3 Å². The zero-order valence-corrected chi connectivity index (χ0v) is 12.3. The Bertz CT molecular complexity index is 769. The van der Waals surface area contributed by atoms with E-state index in [9.17, 15) is 18.3 Å². The zero-order chi connectivity index (χ0) is 16.2. The number of carboxylic acids is 1. The molecular weight excluding hydrogens is 296 g/mol. The van der Waals surface area contributed by atoms with Gasteiger partial charge < -0.3 is 10.8 Å². The maximum Gasteiger partial charge on any atom is 0.336 e. The average Bonchev–Trinajstić information content (AvgIpc) is 2.40. The first-order valence-electron chi connectivity index (χ1n) is 5.92. The Kier molecular flexibility index (Phi) is 5.34. The van der Waals surface area contributed by atoms with Crippen LogP contribution in [0.4, 0.5) is 11.4 Å². The van der Waals surface area contributed by atoms with Gasteiger partial charge in [-0.1, -0.05) is 5.11 Å². The standard InChI is InChI=1S/C12H14N4O4S/c1-6-7(2)11(15-16-14)9(12(17)18)8(10(6)13)4-3-5-21(19)20/h5H,3-4,13H2,1-2H3,(H,17,18). The number of carbonyl (C=O) groups is 1. The number of aromatic carboxylic acids is 1. The maximum absolute atomic E-state index is 11.5. The summed E-state index contributed by atoms with van der Waals surface area (Å²) in [6.45, 7) is 3.30. The van der Waals surface area contributed by atoms with Gasteiger partial charge in [0.1, 0.15) is 0 Å². The molecule has 1 aromatic rings. The Morgan fingerprint density at radius 3 is 2.52 bits per heavy atom. The lowest BCUT2D eigenvalue weighted by Crippen LogP contribution is -2.10. The van der Waals surface area contributed by atoms with Gasteiger partial charge in [0.25, 0.3) is 0 Å². The van der Waals surface area contributed by atoms with E-state index in [1.807, 2.05) is 0 Å². The molecule has 1 rings (SSSR count). The number of rotatable bonds is 5. The summed E-state index contributed by atoms with van der Waals surface area (Å²) in [7, 11) is -2.33. The van der Waals surface area contributed by atoms with Crippen molar-refractivity contribution in [2.24, 2.45) is 5.11 Å². The molecule has 0 fully saturated rings. The normalized spacial score (nSPS) is 9.81. The second-order valence-electron chi connectivity index (χ2n) is 4.33. The van der Waals surface area contributed by atoms with E-state index < -0.39 is 16.3 Å². The molecule has 3 N–H and O–H groups in total. The Labute approximate surface area is 122 Å². The van der Waals surface area contributed by atoms with Gasteiger partial charge in [0.05, 0.1) is 11.3 Å². The van der Waals surface area contributed by atoms with E-state index in [2.05, 4.69) is 10.0 Å². The first-order valence-corrected chi connectivity index (χ1v) is 7.06. The van der Waals surface area contributed by atoms with Gasteiger partial charge in [-0.25, -0.2) is 4.79 Å². The number of nitrogen functional groups attached to an aromatic ring is 1. The molecular formula is C12H14N4O4S. The fourth-order valence-electron chi connectivity index (χ4n) is 2.03. The highest BCUT2D eigenvalue weighted by Crippen LogP contribution is 2.36. The van der Waals surface area contributed by atoms with Gasteiger partial charge in [-0.2, -0.15) is 8.42 Å². The van der Waals surface area contributed by atoms with Crippen LogP contribution in [0.2, 0.25) is 0 Å². The van der Waals surface area contributed by atoms with E-state index in [1.165, 1.54) is 0 Å². The van der Waals surface area contributed by atoms with Crippen molar-refractivity contribution in [3.63, 3.8) is 0 Å². The second kappa shape index (κ2) is 6.78. The number of nitrogens with zero attached hydrogens (tertiary/aromatic N) is 3. The summed E-state index contributed by atoms with van der Waals surface area (Å²) in [5.41, 5.74) is 16.0. The average molecular weight is 310 g/mol. The highest BCUT2D eigenvalue weighted by atomic mass is 32.2. The smallest absolute Gasteiger partial charge is 0.336 e. The molecule has 9 heteroatoms. The molecule has 8 nitrogen and oxygen atoms in total. The molecule has 0 bridgehead atoms. The zero-order valence-electron chi connectivity index (χ0n) is 11.5. The minimum atomic E-state index is -2.33. The number of carboxylic acid groups (broad SMARTS) is 1. The Hall–Kier alpha value is -2.51. The van der Waals surface area contributed by atoms with Gasteiger partial charge in [-0.15, -0.1) is 0 Å². The van der Waals surface area contributed by atoms with Crippen molar-refractivity contribution in [2.45, 2.75) is 26.7 Å². The van der Waals surface area contributed by atoms with Crippen LogP contribution < -0.4 is 5.73 Å². The third-order valence-electron chi connectivity index (χ3n) is 3.19. The van der Waals surface area contributed by atoms with Crippen LogP contribution in [0.25, 0.3) is 10.4 Å². The molecule has 0 aliphatic heterocycles. The highest BCUT2D eigenvalue weighted by molar-refractivity contribution is 7.71. The van der Waals surface area contributed by atoms with Gasteiger partial charge in [0, 0.05) is 16.0 Å². The van der Waals surface area contributed by atoms with Gasteiger partial charge >= 0.3 is 5.97 Å².